The predicted octanol–water partition coefficient (Wildman–Crippen LogP) is 8.70. The molecule has 0 aliphatic carbocycles. The molecule has 0 aromatic heterocycles. The van der Waals surface area contributed by atoms with Crippen molar-refractivity contribution in [2.45, 2.75) is 26.4 Å². The fourth-order valence-electron chi connectivity index (χ4n) is 6.83. The molecule has 0 radical (unpaired) electrons. The summed E-state index contributed by atoms with van der Waals surface area (Å²) in [5, 5.41) is 24.6. The number of aryl methyl sites for hydroxylation is 1. The summed E-state index contributed by atoms with van der Waals surface area (Å²) in [5.74, 6) is 0.446. The van der Waals surface area contributed by atoms with Crippen LogP contribution in [0.3, 0.4) is 0 Å². The average Bonchev–Trinajstić information content (AvgIpc) is 3.38. The maximum atomic E-state index is 13.6. The molecule has 11 nitrogen and oxygen atoms in total. The third-order valence-corrected chi connectivity index (χ3v) is 9.02. The van der Waals surface area contributed by atoms with Crippen LogP contribution in [0.4, 0.5) is 34.1 Å². The van der Waals surface area contributed by atoms with Crippen molar-refractivity contribution in [3.8, 4) is 11.5 Å². The monoisotopic (exact) mass is 642 g/mol. The highest BCUT2D eigenvalue weighted by Crippen LogP contribution is 2.58. The Hall–Kier alpha value is -6.23. The molecule has 0 N–H and O–H groups in total. The summed E-state index contributed by atoms with van der Waals surface area (Å²) < 4.78 is 13.0. The molecule has 7 rings (SSSR count). The summed E-state index contributed by atoms with van der Waals surface area (Å²) in [5.41, 5.74) is 2.40. The van der Waals surface area contributed by atoms with Gasteiger partial charge in [-0.05, 0) is 68.8 Å². The van der Waals surface area contributed by atoms with Crippen LogP contribution in [-0.2, 0) is 10.3 Å². The zero-order valence-corrected chi connectivity index (χ0v) is 26.4. The number of anilines is 4. The summed E-state index contributed by atoms with van der Waals surface area (Å²) in [6.07, 6.45) is 0. The Balaban J connectivity index is 1.54. The number of rotatable bonds is 8. The Morgan fingerprint density at radius 2 is 1.27 bits per heavy atom. The fraction of sp³-hybridized carbons (Fsp3) is 0.162. The molecule has 2 heterocycles. The van der Waals surface area contributed by atoms with Gasteiger partial charge in [0.2, 0.25) is 0 Å². The van der Waals surface area contributed by atoms with E-state index in [0.717, 1.165) is 18.8 Å². The van der Waals surface area contributed by atoms with Crippen molar-refractivity contribution in [2.75, 3.05) is 22.9 Å². The molecular weight excluding hydrogens is 612 g/mol. The minimum Gasteiger partial charge on any atom is -0.456 e. The van der Waals surface area contributed by atoms with Crippen molar-refractivity contribution >= 4 is 40.1 Å². The van der Waals surface area contributed by atoms with Crippen LogP contribution >= 0.6 is 0 Å². The topological polar surface area (TPSA) is 128 Å². The van der Waals surface area contributed by atoms with E-state index in [0.29, 0.717) is 45.0 Å². The van der Waals surface area contributed by atoms with Crippen molar-refractivity contribution in [1.29, 1.82) is 0 Å². The van der Waals surface area contributed by atoms with Crippen LogP contribution in [0.5, 0.6) is 11.5 Å². The molecule has 240 valence electrons. The van der Waals surface area contributed by atoms with Crippen LogP contribution in [0.2, 0.25) is 0 Å². The summed E-state index contributed by atoms with van der Waals surface area (Å²) >= 11 is 0. The molecule has 0 fully saturated rings. The smallest absolute Gasteiger partial charge is 0.340 e. The van der Waals surface area contributed by atoms with E-state index >= 15 is 0 Å². The van der Waals surface area contributed by atoms with Crippen molar-refractivity contribution in [2.24, 2.45) is 0 Å². The second kappa shape index (κ2) is 11.5. The summed E-state index contributed by atoms with van der Waals surface area (Å²) in [4.78, 5) is 40.9. The molecule has 0 bridgehead atoms. The Labute approximate surface area is 275 Å². The Morgan fingerprint density at radius 3 is 1.90 bits per heavy atom. The predicted molar refractivity (Wildman–Crippen MR) is 181 cm³/mol. The highest BCUT2D eigenvalue weighted by molar-refractivity contribution is 5.97. The van der Waals surface area contributed by atoms with Crippen molar-refractivity contribution in [3.05, 3.63) is 151 Å². The van der Waals surface area contributed by atoms with Crippen LogP contribution in [-0.4, -0.2) is 28.9 Å². The number of benzene rings is 5. The van der Waals surface area contributed by atoms with Crippen LogP contribution in [0.15, 0.2) is 103 Å². The lowest BCUT2D eigenvalue weighted by Crippen LogP contribution is -2.33. The number of nitrogens with zero attached hydrogens (tertiary/aromatic N) is 4. The largest absolute Gasteiger partial charge is 0.456 e. The van der Waals surface area contributed by atoms with Crippen molar-refractivity contribution in [3.63, 3.8) is 0 Å². The SMILES string of the molecule is CCN(CC)c1ccc2c(c1)Oc1cc(C)c(N(c3ccccc3[N+](=O)[O-])c3ccccc3[N+](=O)[O-])cc1C21OC(=O)c2ccccc21. The second-order valence-electron chi connectivity index (χ2n) is 11.5. The molecule has 2 aliphatic rings. The molecular formula is C37H30N4O7. The molecule has 0 saturated carbocycles. The van der Waals surface area contributed by atoms with Crippen LogP contribution in [0.1, 0.15) is 46.5 Å². The van der Waals surface area contributed by atoms with Gasteiger partial charge in [0.1, 0.15) is 22.9 Å². The normalized spacial score (nSPS) is 15.5. The zero-order valence-electron chi connectivity index (χ0n) is 26.4. The minimum absolute atomic E-state index is 0.124. The number of carbonyl (C=O) groups is 1. The third kappa shape index (κ3) is 4.54. The maximum absolute atomic E-state index is 13.6. The first-order chi connectivity index (χ1) is 23.2. The Morgan fingerprint density at radius 1 is 0.688 bits per heavy atom. The standard InChI is InChI=1S/C37H30N4O7/c1-4-38(5-2)24-18-19-27-35(21-24)47-34-20-23(3)33(22-28(34)37(27)26-13-7-6-12-25(26)36(42)48-37)39(29-14-8-10-16-31(29)40(43)44)30-15-9-11-17-32(30)41(45)46/h6-22H,4-5H2,1-3H3. The molecule has 11 heteroatoms. The zero-order chi connectivity index (χ0) is 33.7. The molecule has 0 saturated heterocycles. The van der Waals surface area contributed by atoms with Gasteiger partial charge in [-0.3, -0.25) is 25.1 Å². The van der Waals surface area contributed by atoms with E-state index in [4.69, 9.17) is 9.47 Å². The number of esters is 1. The highest BCUT2D eigenvalue weighted by atomic mass is 16.6. The summed E-state index contributed by atoms with van der Waals surface area (Å²) in [6, 6.07) is 28.7. The van der Waals surface area contributed by atoms with Gasteiger partial charge in [-0.1, -0.05) is 42.5 Å². The van der Waals surface area contributed by atoms with E-state index < -0.39 is 21.4 Å². The average molecular weight is 643 g/mol. The van der Waals surface area contributed by atoms with E-state index in [9.17, 15) is 25.0 Å². The number of fused-ring (bicyclic) bond motifs is 6. The van der Waals surface area contributed by atoms with Gasteiger partial charge in [-0.15, -0.1) is 0 Å². The lowest BCUT2D eigenvalue weighted by atomic mass is 9.77. The summed E-state index contributed by atoms with van der Waals surface area (Å²) in [6.45, 7) is 7.51. The van der Waals surface area contributed by atoms with Gasteiger partial charge in [0.15, 0.2) is 5.60 Å². The molecule has 5 aromatic rings. The first-order valence-corrected chi connectivity index (χ1v) is 15.5. The number of hydrogen-bond acceptors (Lipinski definition) is 9. The fourth-order valence-corrected chi connectivity index (χ4v) is 6.83. The molecule has 2 aliphatic heterocycles. The van der Waals surface area contributed by atoms with Gasteiger partial charge in [0.05, 0.1) is 21.1 Å². The molecule has 1 unspecified atom stereocenters. The van der Waals surface area contributed by atoms with Crippen LogP contribution in [0.25, 0.3) is 0 Å². The van der Waals surface area contributed by atoms with Gasteiger partial charge in [0.25, 0.3) is 11.4 Å². The lowest BCUT2D eigenvalue weighted by Gasteiger charge is -2.38. The number of ether oxygens (including phenoxy) is 2. The number of nitro benzene ring substituents is 2. The summed E-state index contributed by atoms with van der Waals surface area (Å²) in [7, 11) is 0. The quantitative estimate of drug-likeness (QED) is 0.0927. The lowest BCUT2D eigenvalue weighted by molar-refractivity contribution is -0.384. The molecule has 1 spiro atoms. The number of para-hydroxylation sites is 4. The van der Waals surface area contributed by atoms with E-state index in [-0.39, 0.29) is 22.7 Å². The highest BCUT2D eigenvalue weighted by Gasteiger charge is 2.54. The van der Waals surface area contributed by atoms with Gasteiger partial charge in [-0.25, -0.2) is 4.79 Å². The third-order valence-electron chi connectivity index (χ3n) is 9.02. The Bertz CT molecular complexity index is 2090. The van der Waals surface area contributed by atoms with Gasteiger partial charge < -0.3 is 14.4 Å². The van der Waals surface area contributed by atoms with Gasteiger partial charge >= 0.3 is 5.97 Å². The first kappa shape index (κ1) is 30.4. The van der Waals surface area contributed by atoms with E-state index in [1.54, 1.807) is 67.6 Å². The molecule has 48 heavy (non-hydrogen) atoms. The van der Waals surface area contributed by atoms with Gasteiger partial charge in [-0.2, -0.15) is 0 Å². The van der Waals surface area contributed by atoms with Crippen LogP contribution in [0, 0.1) is 27.2 Å². The van der Waals surface area contributed by atoms with Gasteiger partial charge in [0, 0.05) is 53.7 Å². The number of nitro groups is 2. The van der Waals surface area contributed by atoms with Crippen molar-refractivity contribution in [1.82, 2.24) is 0 Å². The van der Waals surface area contributed by atoms with Crippen LogP contribution < -0.4 is 14.5 Å². The molecule has 1 atom stereocenters. The van der Waals surface area contributed by atoms with Crippen molar-refractivity contribution < 1.29 is 24.1 Å². The second-order valence-corrected chi connectivity index (χ2v) is 11.5. The molecule has 0 amide bonds. The maximum Gasteiger partial charge on any atom is 0.340 e. The minimum atomic E-state index is -1.43. The number of carbonyl (C=O) groups excluding carboxylic acids is 1. The van der Waals surface area contributed by atoms with E-state index in [2.05, 4.69) is 18.7 Å². The first-order valence-electron chi connectivity index (χ1n) is 15.5. The Kier molecular flexibility index (Phi) is 7.31. The molecule has 5 aromatic carbocycles. The van der Waals surface area contributed by atoms with E-state index in [1.807, 2.05) is 30.3 Å². The number of hydrogen-bond donors (Lipinski definition) is 0. The van der Waals surface area contributed by atoms with E-state index in [1.165, 1.54) is 17.0 Å².